The van der Waals surface area contributed by atoms with Gasteiger partial charge < -0.3 is 9.84 Å². The minimum absolute atomic E-state index is 0.244. The molecule has 0 saturated heterocycles. The Labute approximate surface area is 136 Å². The zero-order valence-corrected chi connectivity index (χ0v) is 13.3. The monoisotopic (exact) mass is 359 g/mol. The largest absolute Gasteiger partial charge is 0.507 e. The first-order valence-electron chi connectivity index (χ1n) is 6.14. The topological polar surface area (TPSA) is 92.7 Å². The molecule has 122 valence electrons. The summed E-state index contributed by atoms with van der Waals surface area (Å²) in [6.07, 6.45) is 0. The minimum atomic E-state index is -4.20. The molecule has 0 unspecified atom stereocenters. The predicted octanol–water partition coefficient (Wildman–Crippen LogP) is 2.77. The van der Waals surface area contributed by atoms with Crippen LogP contribution in [0.2, 0.25) is 5.02 Å². The standard InChI is InChI=1S/C14H11ClFNO5S/c1-22-14(19)9-7-8(5-6-12(9)18)23(20,21)17-11-4-2-3-10(15)13(11)16/h2-7,17-18H,1H3. The van der Waals surface area contributed by atoms with Crippen molar-refractivity contribution in [3.05, 3.63) is 52.8 Å². The third-order valence-corrected chi connectivity index (χ3v) is 4.53. The van der Waals surface area contributed by atoms with Gasteiger partial charge >= 0.3 is 5.97 Å². The fraction of sp³-hybridized carbons (Fsp3) is 0.0714. The van der Waals surface area contributed by atoms with Crippen molar-refractivity contribution in [2.24, 2.45) is 0 Å². The summed E-state index contributed by atoms with van der Waals surface area (Å²) in [6.45, 7) is 0. The van der Waals surface area contributed by atoms with Crippen molar-refractivity contribution in [1.82, 2.24) is 0 Å². The maximum Gasteiger partial charge on any atom is 0.341 e. The van der Waals surface area contributed by atoms with Crippen LogP contribution >= 0.6 is 11.6 Å². The summed E-state index contributed by atoms with van der Waals surface area (Å²) >= 11 is 5.59. The van der Waals surface area contributed by atoms with Crippen molar-refractivity contribution in [2.75, 3.05) is 11.8 Å². The Bertz CT molecular complexity index is 869. The molecule has 0 heterocycles. The van der Waals surface area contributed by atoms with Gasteiger partial charge in [0.1, 0.15) is 11.3 Å². The van der Waals surface area contributed by atoms with Crippen molar-refractivity contribution < 1.29 is 27.4 Å². The van der Waals surface area contributed by atoms with E-state index in [0.717, 1.165) is 25.3 Å². The van der Waals surface area contributed by atoms with Gasteiger partial charge in [0, 0.05) is 0 Å². The lowest BCUT2D eigenvalue weighted by atomic mass is 10.2. The molecular weight excluding hydrogens is 349 g/mol. The summed E-state index contributed by atoms with van der Waals surface area (Å²) < 4.78 is 44.8. The number of esters is 1. The summed E-state index contributed by atoms with van der Waals surface area (Å²) in [5.41, 5.74) is -0.674. The number of nitrogens with one attached hydrogen (secondary N) is 1. The Morgan fingerprint density at radius 1 is 1.30 bits per heavy atom. The molecule has 0 fully saturated rings. The minimum Gasteiger partial charge on any atom is -0.507 e. The van der Waals surface area contributed by atoms with Crippen molar-refractivity contribution in [3.8, 4) is 5.75 Å². The first-order valence-corrected chi connectivity index (χ1v) is 8.00. The number of carbonyl (C=O) groups is 1. The number of halogens is 2. The van der Waals surface area contributed by atoms with Crippen LogP contribution in [0.25, 0.3) is 0 Å². The van der Waals surface area contributed by atoms with Crippen molar-refractivity contribution in [2.45, 2.75) is 4.90 Å². The van der Waals surface area contributed by atoms with E-state index in [-0.39, 0.29) is 21.2 Å². The second kappa shape index (κ2) is 6.43. The second-order valence-electron chi connectivity index (χ2n) is 4.38. The lowest BCUT2D eigenvalue weighted by molar-refractivity contribution is 0.0597. The van der Waals surface area contributed by atoms with Crippen LogP contribution in [-0.4, -0.2) is 26.6 Å². The zero-order chi connectivity index (χ0) is 17.2. The number of methoxy groups -OCH3 is 1. The highest BCUT2D eigenvalue weighted by atomic mass is 35.5. The number of carbonyl (C=O) groups excluding carboxylic acids is 1. The highest BCUT2D eigenvalue weighted by Gasteiger charge is 2.21. The molecule has 2 aromatic carbocycles. The molecule has 0 aliphatic carbocycles. The molecule has 0 aromatic heterocycles. The van der Waals surface area contributed by atoms with E-state index in [1.807, 2.05) is 4.72 Å². The van der Waals surface area contributed by atoms with E-state index < -0.39 is 27.6 Å². The number of hydrogen-bond donors (Lipinski definition) is 2. The lowest BCUT2D eigenvalue weighted by Gasteiger charge is -2.11. The second-order valence-corrected chi connectivity index (χ2v) is 6.47. The van der Waals surface area contributed by atoms with Gasteiger partial charge in [0.25, 0.3) is 10.0 Å². The van der Waals surface area contributed by atoms with E-state index in [1.54, 1.807) is 0 Å². The lowest BCUT2D eigenvalue weighted by Crippen LogP contribution is -2.15. The fourth-order valence-corrected chi connectivity index (χ4v) is 3.00. The third kappa shape index (κ3) is 3.54. The quantitative estimate of drug-likeness (QED) is 0.819. The van der Waals surface area contributed by atoms with Crippen LogP contribution in [0.3, 0.4) is 0 Å². The summed E-state index contributed by atoms with van der Waals surface area (Å²) in [4.78, 5) is 11.1. The average Bonchev–Trinajstić information content (AvgIpc) is 2.51. The molecule has 0 amide bonds. The molecule has 2 aromatic rings. The number of anilines is 1. The number of phenols is 1. The molecule has 0 atom stereocenters. The Morgan fingerprint density at radius 2 is 2.00 bits per heavy atom. The van der Waals surface area contributed by atoms with Crippen molar-refractivity contribution in [3.63, 3.8) is 0 Å². The zero-order valence-electron chi connectivity index (χ0n) is 11.7. The molecule has 2 N–H and O–H groups in total. The van der Waals surface area contributed by atoms with E-state index in [2.05, 4.69) is 4.74 Å². The van der Waals surface area contributed by atoms with Crippen LogP contribution in [0.4, 0.5) is 10.1 Å². The van der Waals surface area contributed by atoms with Crippen LogP contribution in [0.5, 0.6) is 5.75 Å². The SMILES string of the molecule is COC(=O)c1cc(S(=O)(=O)Nc2cccc(Cl)c2F)ccc1O. The normalized spacial score (nSPS) is 11.1. The van der Waals surface area contributed by atoms with Crippen LogP contribution in [0.1, 0.15) is 10.4 Å². The number of phenolic OH excluding ortho intramolecular Hbond substituents is 1. The number of benzene rings is 2. The Morgan fingerprint density at radius 3 is 2.65 bits per heavy atom. The first kappa shape index (κ1) is 17.0. The highest BCUT2D eigenvalue weighted by molar-refractivity contribution is 7.92. The van der Waals surface area contributed by atoms with E-state index >= 15 is 0 Å². The molecule has 0 radical (unpaired) electrons. The summed E-state index contributed by atoms with van der Waals surface area (Å²) in [5.74, 6) is -2.28. The molecule has 6 nitrogen and oxygen atoms in total. The molecule has 0 spiro atoms. The Kier molecular flexibility index (Phi) is 4.76. The Balaban J connectivity index is 2.44. The smallest absolute Gasteiger partial charge is 0.341 e. The van der Waals surface area contributed by atoms with Gasteiger partial charge in [0.05, 0.1) is 22.7 Å². The van der Waals surface area contributed by atoms with Gasteiger partial charge in [-0.15, -0.1) is 0 Å². The number of hydrogen-bond acceptors (Lipinski definition) is 5. The predicted molar refractivity (Wildman–Crippen MR) is 81.7 cm³/mol. The van der Waals surface area contributed by atoms with Gasteiger partial charge in [-0.3, -0.25) is 4.72 Å². The average molecular weight is 360 g/mol. The molecular formula is C14H11ClFNO5S. The highest BCUT2D eigenvalue weighted by Crippen LogP contribution is 2.27. The van der Waals surface area contributed by atoms with Crippen LogP contribution in [0, 0.1) is 5.82 Å². The Hall–Kier alpha value is -2.32. The number of ether oxygens (including phenoxy) is 1. The van der Waals surface area contributed by atoms with Crippen molar-refractivity contribution in [1.29, 1.82) is 0 Å². The van der Waals surface area contributed by atoms with Gasteiger partial charge in [0.15, 0.2) is 5.82 Å². The van der Waals surface area contributed by atoms with Gasteiger partial charge in [-0.2, -0.15) is 0 Å². The molecule has 0 aliphatic heterocycles. The van der Waals surface area contributed by atoms with Gasteiger partial charge in [-0.25, -0.2) is 17.6 Å². The van der Waals surface area contributed by atoms with E-state index in [0.29, 0.717) is 0 Å². The van der Waals surface area contributed by atoms with Crippen LogP contribution in [-0.2, 0) is 14.8 Å². The van der Waals surface area contributed by atoms with E-state index in [4.69, 9.17) is 11.6 Å². The molecule has 0 aliphatic rings. The van der Waals surface area contributed by atoms with E-state index in [1.165, 1.54) is 18.2 Å². The molecule has 23 heavy (non-hydrogen) atoms. The third-order valence-electron chi connectivity index (χ3n) is 2.88. The maximum absolute atomic E-state index is 13.8. The number of sulfonamides is 1. The van der Waals surface area contributed by atoms with Gasteiger partial charge in [-0.05, 0) is 30.3 Å². The van der Waals surface area contributed by atoms with Crippen molar-refractivity contribution >= 4 is 33.3 Å². The number of aromatic hydroxyl groups is 1. The van der Waals surface area contributed by atoms with E-state index in [9.17, 15) is 22.7 Å². The number of rotatable bonds is 4. The molecule has 0 bridgehead atoms. The fourth-order valence-electron chi connectivity index (χ4n) is 1.74. The first-order chi connectivity index (χ1) is 10.8. The van der Waals surface area contributed by atoms with Crippen LogP contribution in [0.15, 0.2) is 41.3 Å². The molecule has 0 saturated carbocycles. The van der Waals surface area contributed by atoms with Gasteiger partial charge in [0.2, 0.25) is 0 Å². The summed E-state index contributed by atoms with van der Waals surface area (Å²) in [7, 11) is -3.12. The molecule has 2 rings (SSSR count). The summed E-state index contributed by atoms with van der Waals surface area (Å²) in [5, 5.41) is 9.33. The van der Waals surface area contributed by atoms with Crippen LogP contribution < -0.4 is 4.72 Å². The summed E-state index contributed by atoms with van der Waals surface area (Å²) in [6, 6.07) is 6.85. The van der Waals surface area contributed by atoms with Gasteiger partial charge in [-0.1, -0.05) is 17.7 Å². The maximum atomic E-state index is 13.8. The molecule has 9 heteroatoms.